The minimum atomic E-state index is -4.64. The second-order valence-electron chi connectivity index (χ2n) is 12.7. The van der Waals surface area contributed by atoms with Crippen LogP contribution in [0.5, 0.6) is 6.01 Å². The maximum atomic E-state index is 13.0. The zero-order valence-electron chi connectivity index (χ0n) is 28.5. The van der Waals surface area contributed by atoms with Gasteiger partial charge in [0.1, 0.15) is 6.04 Å². The Kier molecular flexibility index (Phi) is 12.6. The molecule has 3 amide bonds. The zero-order valence-corrected chi connectivity index (χ0v) is 29.2. The molecule has 1 aromatic heterocycles. The molecule has 2 aromatic carbocycles. The number of ether oxygens (including phenoxy) is 2. The van der Waals surface area contributed by atoms with Gasteiger partial charge in [-0.15, -0.1) is 0 Å². The van der Waals surface area contributed by atoms with Crippen molar-refractivity contribution in [3.8, 4) is 6.01 Å². The Morgan fingerprint density at radius 2 is 1.60 bits per heavy atom. The lowest BCUT2D eigenvalue weighted by atomic mass is 9.93. The van der Waals surface area contributed by atoms with E-state index in [2.05, 4.69) is 41.5 Å². The van der Waals surface area contributed by atoms with E-state index in [0.29, 0.717) is 49.2 Å². The van der Waals surface area contributed by atoms with Crippen LogP contribution in [0.2, 0.25) is 5.02 Å². The highest BCUT2D eigenvalue weighted by Crippen LogP contribution is 2.48. The molecule has 2 aliphatic carbocycles. The van der Waals surface area contributed by atoms with Crippen LogP contribution in [0.25, 0.3) is 0 Å². The predicted octanol–water partition coefficient (Wildman–Crippen LogP) is 3.51. The number of nitrogens with one attached hydrogen (secondary N) is 5. The topological polar surface area (TPSA) is 206 Å². The lowest BCUT2D eigenvalue weighted by molar-refractivity contribution is -0.154. The standard InChI is InChI=1S/C34H38ClF3N8O7/c1-52-29(51)25(14-17-39-27(49)28(50)40-22-10-12-24(47)13-11-22)42-26(48)19-2-8-23(9-3-19)41-30-43-31(45-32(44-30)53-18-34(36,37)38)46-33(15-16-33)20-4-6-21(35)7-5-20/h2-9,22,24-25,47H,10-18H2,1H3,(H,39,49)(H,40,50)(H,42,48)(H2,41,43,44,45,46)/t22?,24?,25-/m0/s1. The van der Waals surface area contributed by atoms with Gasteiger partial charge in [-0.2, -0.15) is 28.1 Å². The van der Waals surface area contributed by atoms with Crippen LogP contribution in [-0.2, 0) is 24.7 Å². The Hall–Kier alpha value is -5.23. The van der Waals surface area contributed by atoms with Crippen molar-refractivity contribution in [2.24, 2.45) is 0 Å². The third-order valence-electron chi connectivity index (χ3n) is 8.63. The molecule has 6 N–H and O–H groups in total. The molecule has 3 aromatic rings. The van der Waals surface area contributed by atoms with Crippen LogP contribution in [0.3, 0.4) is 0 Å². The van der Waals surface area contributed by atoms with E-state index >= 15 is 0 Å². The number of alkyl halides is 3. The van der Waals surface area contributed by atoms with Gasteiger partial charge in [-0.3, -0.25) is 14.4 Å². The molecule has 0 aliphatic heterocycles. The van der Waals surface area contributed by atoms with Crippen molar-refractivity contribution in [2.45, 2.75) is 74.8 Å². The van der Waals surface area contributed by atoms with Gasteiger partial charge in [0.2, 0.25) is 11.9 Å². The Labute approximate surface area is 306 Å². The van der Waals surface area contributed by atoms with Gasteiger partial charge < -0.3 is 41.2 Å². The van der Waals surface area contributed by atoms with Crippen molar-refractivity contribution in [1.82, 2.24) is 30.9 Å². The number of aliphatic hydroxyl groups is 1. The van der Waals surface area contributed by atoms with Crippen molar-refractivity contribution in [2.75, 3.05) is 30.9 Å². The summed E-state index contributed by atoms with van der Waals surface area (Å²) in [5.74, 6) is -3.33. The van der Waals surface area contributed by atoms with Crippen LogP contribution in [-0.4, -0.2) is 88.4 Å². The number of benzene rings is 2. The molecular formula is C34H38ClF3N8O7. The van der Waals surface area contributed by atoms with Crippen molar-refractivity contribution < 1.29 is 46.9 Å². The maximum absolute atomic E-state index is 13.0. The maximum Gasteiger partial charge on any atom is 0.422 e. The number of anilines is 3. The summed E-state index contributed by atoms with van der Waals surface area (Å²) in [7, 11) is 1.14. The lowest BCUT2D eigenvalue weighted by Gasteiger charge is -2.25. The number of amides is 3. The smallest absolute Gasteiger partial charge is 0.422 e. The summed E-state index contributed by atoms with van der Waals surface area (Å²) in [5, 5.41) is 23.8. The third-order valence-corrected chi connectivity index (χ3v) is 8.88. The number of aliphatic hydroxyl groups excluding tert-OH is 1. The first-order chi connectivity index (χ1) is 25.2. The molecular weight excluding hydrogens is 725 g/mol. The fourth-order valence-electron chi connectivity index (χ4n) is 5.62. The molecule has 1 atom stereocenters. The van der Waals surface area contributed by atoms with E-state index in [1.54, 1.807) is 12.1 Å². The number of rotatable bonds is 14. The second-order valence-corrected chi connectivity index (χ2v) is 13.1. The minimum Gasteiger partial charge on any atom is -0.467 e. The molecule has 53 heavy (non-hydrogen) atoms. The Morgan fingerprint density at radius 1 is 0.943 bits per heavy atom. The molecule has 0 bridgehead atoms. The van der Waals surface area contributed by atoms with Crippen LogP contribution < -0.4 is 31.3 Å². The van der Waals surface area contributed by atoms with Crippen molar-refractivity contribution in [3.63, 3.8) is 0 Å². The van der Waals surface area contributed by atoms with E-state index in [9.17, 15) is 37.5 Å². The first-order valence-corrected chi connectivity index (χ1v) is 17.1. The Bertz CT molecular complexity index is 1770. The van der Waals surface area contributed by atoms with Crippen molar-refractivity contribution in [1.29, 1.82) is 0 Å². The Balaban J connectivity index is 1.19. The number of carbonyl (C=O) groups is 4. The number of hydrogen-bond donors (Lipinski definition) is 6. The summed E-state index contributed by atoms with van der Waals surface area (Å²) in [5.41, 5.74) is 0.829. The molecule has 0 saturated heterocycles. The number of carbonyl (C=O) groups excluding carboxylic acids is 4. The van der Waals surface area contributed by atoms with E-state index < -0.39 is 60.2 Å². The van der Waals surface area contributed by atoms with Gasteiger partial charge in [-0.25, -0.2) is 4.79 Å². The van der Waals surface area contributed by atoms with Crippen LogP contribution in [0.15, 0.2) is 48.5 Å². The molecule has 284 valence electrons. The van der Waals surface area contributed by atoms with Crippen LogP contribution in [0.4, 0.5) is 30.8 Å². The van der Waals surface area contributed by atoms with E-state index in [1.807, 2.05) is 12.1 Å². The average Bonchev–Trinajstić information content (AvgIpc) is 3.91. The number of halogens is 4. The SMILES string of the molecule is COC(=O)[C@H](CCNC(=O)C(=O)NC1CCC(O)CC1)NC(=O)c1ccc(Nc2nc(NC3(c4ccc(Cl)cc4)CC3)nc(OCC(F)(F)F)n2)cc1. The quantitative estimate of drug-likeness (QED) is 0.103. The van der Waals surface area contributed by atoms with Crippen LogP contribution in [0.1, 0.15) is 60.9 Å². The van der Waals surface area contributed by atoms with Gasteiger partial charge in [0.25, 0.3) is 5.91 Å². The van der Waals surface area contributed by atoms with Gasteiger partial charge in [-0.05, 0) is 86.9 Å². The van der Waals surface area contributed by atoms with Crippen LogP contribution >= 0.6 is 11.6 Å². The summed E-state index contributed by atoms with van der Waals surface area (Å²) in [6.45, 7) is -1.75. The van der Waals surface area contributed by atoms with Crippen molar-refractivity contribution >= 4 is 52.9 Å². The fourth-order valence-corrected chi connectivity index (χ4v) is 5.75. The van der Waals surface area contributed by atoms with Crippen LogP contribution in [0, 0.1) is 0 Å². The summed E-state index contributed by atoms with van der Waals surface area (Å²) in [6, 6.07) is 11.0. The van der Waals surface area contributed by atoms with E-state index in [1.165, 1.54) is 24.3 Å². The first-order valence-electron chi connectivity index (χ1n) is 16.7. The molecule has 0 unspecified atom stereocenters. The first kappa shape index (κ1) is 39.0. The molecule has 19 heteroatoms. The zero-order chi connectivity index (χ0) is 38.2. The average molecular weight is 763 g/mol. The Morgan fingerprint density at radius 3 is 2.23 bits per heavy atom. The molecule has 2 saturated carbocycles. The normalized spacial score (nSPS) is 18.2. The number of esters is 1. The predicted molar refractivity (Wildman–Crippen MR) is 184 cm³/mol. The van der Waals surface area contributed by atoms with Gasteiger partial charge in [0.05, 0.1) is 18.8 Å². The lowest BCUT2D eigenvalue weighted by Crippen LogP contribution is -2.48. The number of nitrogens with zero attached hydrogens (tertiary/aromatic N) is 3. The highest BCUT2D eigenvalue weighted by Gasteiger charge is 2.45. The number of methoxy groups -OCH3 is 1. The molecule has 2 aliphatic rings. The number of aromatic nitrogens is 3. The highest BCUT2D eigenvalue weighted by molar-refractivity contribution is 6.35. The van der Waals surface area contributed by atoms with Gasteiger partial charge in [0.15, 0.2) is 6.61 Å². The monoisotopic (exact) mass is 762 g/mol. The molecule has 0 radical (unpaired) electrons. The summed E-state index contributed by atoms with van der Waals surface area (Å²) < 4.78 is 48.4. The van der Waals surface area contributed by atoms with Gasteiger partial charge in [-0.1, -0.05) is 23.7 Å². The van der Waals surface area contributed by atoms with E-state index in [0.717, 1.165) is 12.7 Å². The van der Waals surface area contributed by atoms with Crippen molar-refractivity contribution in [3.05, 3.63) is 64.7 Å². The third kappa shape index (κ3) is 11.4. The minimum absolute atomic E-state index is 0.0289. The molecule has 5 rings (SSSR count). The van der Waals surface area contributed by atoms with Gasteiger partial charge >= 0.3 is 30.0 Å². The fraction of sp³-hybridized carbons (Fsp3) is 0.441. The summed E-state index contributed by atoms with van der Waals surface area (Å²) >= 11 is 6.02. The largest absolute Gasteiger partial charge is 0.467 e. The molecule has 15 nitrogen and oxygen atoms in total. The molecule has 1 heterocycles. The summed E-state index contributed by atoms with van der Waals surface area (Å²) in [4.78, 5) is 62.4. The second kappa shape index (κ2) is 17.1. The molecule has 0 spiro atoms. The van der Waals surface area contributed by atoms with E-state index in [4.69, 9.17) is 21.1 Å². The number of hydrogen-bond acceptors (Lipinski definition) is 12. The van der Waals surface area contributed by atoms with Gasteiger partial charge in [0, 0.05) is 28.9 Å². The molecule has 2 fully saturated rings. The highest BCUT2D eigenvalue weighted by atomic mass is 35.5. The van der Waals surface area contributed by atoms with E-state index in [-0.39, 0.29) is 36.5 Å². The summed E-state index contributed by atoms with van der Waals surface area (Å²) in [6.07, 6.45) is -1.55.